The quantitative estimate of drug-likeness (QED) is 0.192. The normalized spacial score (nSPS) is 10.6. The second-order valence-corrected chi connectivity index (χ2v) is 7.42. The van der Waals surface area contributed by atoms with Crippen LogP contribution in [0, 0.1) is 0 Å². The summed E-state index contributed by atoms with van der Waals surface area (Å²) >= 11 is 0. The maximum atomic E-state index is 12.4. The maximum Gasteiger partial charge on any atom is 0.343 e. The molecule has 0 N–H and O–H groups in total. The zero-order valence-corrected chi connectivity index (χ0v) is 17.7. The predicted molar refractivity (Wildman–Crippen MR) is 122 cm³/mol. The van der Waals surface area contributed by atoms with Crippen LogP contribution in [0.3, 0.4) is 0 Å². The van der Waals surface area contributed by atoms with E-state index in [1.807, 2.05) is 54.6 Å². The van der Waals surface area contributed by atoms with Gasteiger partial charge in [0, 0.05) is 0 Å². The van der Waals surface area contributed by atoms with Crippen LogP contribution in [-0.4, -0.2) is 12.6 Å². The minimum atomic E-state index is -0.370. The van der Waals surface area contributed by atoms with Crippen molar-refractivity contribution in [2.75, 3.05) is 6.61 Å². The highest BCUT2D eigenvalue weighted by Crippen LogP contribution is 2.23. The Morgan fingerprint density at radius 1 is 0.667 bits per heavy atom. The summed E-state index contributed by atoms with van der Waals surface area (Å²) in [6.07, 6.45) is 7.43. The summed E-state index contributed by atoms with van der Waals surface area (Å²) in [7, 11) is 0. The van der Waals surface area contributed by atoms with Gasteiger partial charge in [0.1, 0.15) is 11.5 Å². The lowest BCUT2D eigenvalue weighted by atomic mass is 10.1. The number of ether oxygens (including phenoxy) is 2. The van der Waals surface area contributed by atoms with Crippen molar-refractivity contribution in [1.29, 1.82) is 0 Å². The molecule has 0 aliphatic heterocycles. The van der Waals surface area contributed by atoms with Crippen LogP contribution in [0.1, 0.15) is 55.8 Å². The first-order valence-electron chi connectivity index (χ1n) is 10.9. The number of carbonyl (C=O) groups excluding carboxylic acids is 1. The van der Waals surface area contributed by atoms with Crippen LogP contribution in [0.25, 0.3) is 11.1 Å². The highest BCUT2D eigenvalue weighted by Gasteiger charge is 2.09. The third-order valence-corrected chi connectivity index (χ3v) is 5.03. The Balaban J connectivity index is 1.45. The van der Waals surface area contributed by atoms with E-state index in [9.17, 15) is 4.79 Å². The second kappa shape index (κ2) is 11.8. The van der Waals surface area contributed by atoms with E-state index < -0.39 is 0 Å². The number of hydrogen-bond acceptors (Lipinski definition) is 3. The molecule has 0 atom stereocenters. The summed E-state index contributed by atoms with van der Waals surface area (Å²) in [5.74, 6) is 0.945. The van der Waals surface area contributed by atoms with Crippen LogP contribution in [0.15, 0.2) is 78.9 Å². The van der Waals surface area contributed by atoms with Gasteiger partial charge in [-0.25, -0.2) is 4.79 Å². The Labute approximate surface area is 179 Å². The minimum absolute atomic E-state index is 0.370. The molecule has 0 spiro atoms. The Kier molecular flexibility index (Phi) is 8.52. The van der Waals surface area contributed by atoms with Crippen molar-refractivity contribution in [3.63, 3.8) is 0 Å². The van der Waals surface area contributed by atoms with Gasteiger partial charge in [-0.1, -0.05) is 81.5 Å². The third kappa shape index (κ3) is 6.77. The van der Waals surface area contributed by atoms with Gasteiger partial charge >= 0.3 is 5.97 Å². The summed E-state index contributed by atoms with van der Waals surface area (Å²) in [5.41, 5.74) is 2.73. The van der Waals surface area contributed by atoms with E-state index in [4.69, 9.17) is 9.47 Å². The summed E-state index contributed by atoms with van der Waals surface area (Å²) < 4.78 is 11.3. The molecule has 0 saturated heterocycles. The molecule has 3 heteroatoms. The lowest BCUT2D eigenvalue weighted by Gasteiger charge is -2.08. The topological polar surface area (TPSA) is 35.5 Å². The molecule has 156 valence electrons. The fraction of sp³-hybridized carbons (Fsp3) is 0.296. The van der Waals surface area contributed by atoms with Crippen molar-refractivity contribution in [1.82, 2.24) is 0 Å². The molecule has 0 aliphatic carbocycles. The SMILES string of the molecule is CCCCCCCCOc1ccc(C(=O)Oc2ccc(-c3ccccc3)cc2)cc1. The molecule has 0 heterocycles. The van der Waals surface area contributed by atoms with Crippen LogP contribution in [0.4, 0.5) is 0 Å². The van der Waals surface area contributed by atoms with Gasteiger partial charge in [0.15, 0.2) is 0 Å². The largest absolute Gasteiger partial charge is 0.494 e. The monoisotopic (exact) mass is 402 g/mol. The minimum Gasteiger partial charge on any atom is -0.494 e. The standard InChI is InChI=1S/C27H30O3/c1-2-3-4-5-6-10-21-29-25-17-15-24(16-18-25)27(28)30-26-19-13-23(14-20-26)22-11-8-7-9-12-22/h7-9,11-20H,2-6,10,21H2,1H3. The van der Waals surface area contributed by atoms with Gasteiger partial charge in [0.2, 0.25) is 0 Å². The van der Waals surface area contributed by atoms with Gasteiger partial charge in [-0.2, -0.15) is 0 Å². The van der Waals surface area contributed by atoms with Crippen molar-refractivity contribution in [2.24, 2.45) is 0 Å². The molecule has 0 fully saturated rings. The van der Waals surface area contributed by atoms with E-state index in [0.29, 0.717) is 17.9 Å². The zero-order valence-electron chi connectivity index (χ0n) is 17.7. The molecule has 30 heavy (non-hydrogen) atoms. The van der Waals surface area contributed by atoms with Crippen LogP contribution in [0.5, 0.6) is 11.5 Å². The maximum absolute atomic E-state index is 12.4. The van der Waals surface area contributed by atoms with Gasteiger partial charge in [0.05, 0.1) is 12.2 Å². The Hall–Kier alpha value is -3.07. The second-order valence-electron chi connectivity index (χ2n) is 7.42. The molecule has 0 saturated carbocycles. The van der Waals surface area contributed by atoms with E-state index in [0.717, 1.165) is 23.3 Å². The molecule has 0 bridgehead atoms. The highest BCUT2D eigenvalue weighted by molar-refractivity contribution is 5.91. The number of hydrogen-bond donors (Lipinski definition) is 0. The van der Waals surface area contributed by atoms with Gasteiger partial charge in [-0.15, -0.1) is 0 Å². The average molecular weight is 403 g/mol. The van der Waals surface area contributed by atoms with Crippen molar-refractivity contribution in [3.8, 4) is 22.6 Å². The molecule has 0 aromatic heterocycles. The molecular weight excluding hydrogens is 372 g/mol. The van der Waals surface area contributed by atoms with E-state index >= 15 is 0 Å². The van der Waals surface area contributed by atoms with Crippen LogP contribution in [0.2, 0.25) is 0 Å². The van der Waals surface area contributed by atoms with Crippen molar-refractivity contribution >= 4 is 5.97 Å². The van der Waals surface area contributed by atoms with Crippen LogP contribution >= 0.6 is 0 Å². The van der Waals surface area contributed by atoms with Crippen LogP contribution in [-0.2, 0) is 0 Å². The van der Waals surface area contributed by atoms with Gasteiger partial charge in [0.25, 0.3) is 0 Å². The smallest absolute Gasteiger partial charge is 0.343 e. The average Bonchev–Trinajstić information content (AvgIpc) is 2.80. The number of esters is 1. The number of unbranched alkanes of at least 4 members (excludes halogenated alkanes) is 5. The zero-order chi connectivity index (χ0) is 21.0. The number of rotatable bonds is 11. The molecular formula is C27H30O3. The van der Waals surface area contributed by atoms with Gasteiger partial charge in [-0.3, -0.25) is 0 Å². The Morgan fingerprint density at radius 2 is 1.27 bits per heavy atom. The first-order valence-corrected chi connectivity index (χ1v) is 10.9. The highest BCUT2D eigenvalue weighted by atomic mass is 16.5. The first-order chi connectivity index (χ1) is 14.8. The number of benzene rings is 3. The van der Waals surface area contributed by atoms with E-state index in [2.05, 4.69) is 19.1 Å². The van der Waals surface area contributed by atoms with Gasteiger partial charge < -0.3 is 9.47 Å². The Morgan fingerprint density at radius 3 is 1.97 bits per heavy atom. The van der Waals surface area contributed by atoms with Gasteiger partial charge in [-0.05, 0) is 53.9 Å². The summed E-state index contributed by atoms with van der Waals surface area (Å²) in [6, 6.07) is 24.8. The summed E-state index contributed by atoms with van der Waals surface area (Å²) in [6.45, 7) is 2.94. The molecule has 3 rings (SSSR count). The fourth-order valence-corrected chi connectivity index (χ4v) is 3.27. The molecule has 3 aromatic carbocycles. The van der Waals surface area contributed by atoms with Crippen molar-refractivity contribution < 1.29 is 14.3 Å². The van der Waals surface area contributed by atoms with Crippen LogP contribution < -0.4 is 9.47 Å². The lowest BCUT2D eigenvalue weighted by Crippen LogP contribution is -2.08. The summed E-state index contributed by atoms with van der Waals surface area (Å²) in [5, 5.41) is 0. The number of carbonyl (C=O) groups is 1. The lowest BCUT2D eigenvalue weighted by molar-refractivity contribution is 0.0734. The summed E-state index contributed by atoms with van der Waals surface area (Å²) in [4.78, 5) is 12.4. The molecule has 3 aromatic rings. The molecule has 0 aliphatic rings. The predicted octanol–water partition coefficient (Wildman–Crippen LogP) is 7.31. The van der Waals surface area contributed by atoms with E-state index in [-0.39, 0.29) is 5.97 Å². The van der Waals surface area contributed by atoms with E-state index in [1.165, 1.54) is 32.1 Å². The molecule has 0 unspecified atom stereocenters. The molecule has 3 nitrogen and oxygen atoms in total. The third-order valence-electron chi connectivity index (χ3n) is 5.03. The molecule has 0 amide bonds. The first kappa shape index (κ1) is 21.6. The Bertz CT molecular complexity index is 884. The van der Waals surface area contributed by atoms with Crippen molar-refractivity contribution in [2.45, 2.75) is 45.4 Å². The molecule has 0 radical (unpaired) electrons. The van der Waals surface area contributed by atoms with E-state index in [1.54, 1.807) is 12.1 Å². The van der Waals surface area contributed by atoms with Crippen molar-refractivity contribution in [3.05, 3.63) is 84.4 Å². The fourth-order valence-electron chi connectivity index (χ4n) is 3.27.